The molecule has 3 aliphatic rings. The highest BCUT2D eigenvalue weighted by molar-refractivity contribution is 5.70. The normalized spacial score (nSPS) is 21.0. The molecule has 0 bridgehead atoms. The minimum absolute atomic E-state index is 0.0110. The second-order valence-corrected chi connectivity index (χ2v) is 8.31. The molecule has 6 rings (SSSR count). The first-order valence-corrected chi connectivity index (χ1v) is 10.3. The number of pyridine rings is 1. The summed E-state index contributed by atoms with van der Waals surface area (Å²) in [6.45, 7) is 1.61. The molecular formula is C24H19F3N2O3. The van der Waals surface area contributed by atoms with Crippen LogP contribution in [0.1, 0.15) is 27.9 Å². The molecule has 3 aromatic rings. The molecule has 5 nitrogen and oxygen atoms in total. The lowest BCUT2D eigenvalue weighted by Gasteiger charge is -2.26. The number of benzene rings is 2. The number of hydrogen-bond acceptors (Lipinski definition) is 5. The van der Waals surface area contributed by atoms with Crippen molar-refractivity contribution in [1.29, 1.82) is 0 Å². The molecule has 4 heterocycles. The lowest BCUT2D eigenvalue weighted by Crippen LogP contribution is -2.36. The number of alkyl halides is 3. The largest absolute Gasteiger partial charge is 0.492 e. The number of rotatable bonds is 2. The second kappa shape index (κ2) is 6.87. The number of aromatic nitrogens is 1. The summed E-state index contributed by atoms with van der Waals surface area (Å²) in [6, 6.07) is 14.2. The van der Waals surface area contributed by atoms with Crippen LogP contribution in [0.3, 0.4) is 0 Å². The van der Waals surface area contributed by atoms with E-state index in [0.29, 0.717) is 19.8 Å². The van der Waals surface area contributed by atoms with Crippen LogP contribution >= 0.6 is 0 Å². The van der Waals surface area contributed by atoms with Crippen molar-refractivity contribution in [2.24, 2.45) is 0 Å². The molecule has 0 unspecified atom stereocenters. The summed E-state index contributed by atoms with van der Waals surface area (Å²) in [5.74, 6) is 1.53. The molecule has 0 radical (unpaired) electrons. The number of para-hydroxylation sites is 1. The average molecular weight is 440 g/mol. The maximum Gasteiger partial charge on any atom is 0.418 e. The Morgan fingerprint density at radius 1 is 1.00 bits per heavy atom. The molecule has 164 valence electrons. The molecular weight excluding hydrogens is 421 g/mol. The first-order valence-electron chi connectivity index (χ1n) is 10.3. The van der Waals surface area contributed by atoms with Crippen molar-refractivity contribution in [3.63, 3.8) is 0 Å². The van der Waals surface area contributed by atoms with Crippen LogP contribution in [-0.2, 0) is 29.5 Å². The van der Waals surface area contributed by atoms with Gasteiger partial charge in [-0.1, -0.05) is 18.2 Å². The Morgan fingerprint density at radius 2 is 1.88 bits per heavy atom. The van der Waals surface area contributed by atoms with Crippen LogP contribution in [0.5, 0.6) is 11.5 Å². The Morgan fingerprint density at radius 3 is 2.75 bits per heavy atom. The van der Waals surface area contributed by atoms with E-state index in [4.69, 9.17) is 14.2 Å². The maximum atomic E-state index is 13.6. The molecule has 0 saturated carbocycles. The van der Waals surface area contributed by atoms with Gasteiger partial charge in [0.25, 0.3) is 0 Å². The van der Waals surface area contributed by atoms with Crippen LogP contribution in [0.25, 0.3) is 0 Å². The van der Waals surface area contributed by atoms with Crippen LogP contribution < -0.4 is 14.4 Å². The number of ether oxygens (including phenoxy) is 3. The fourth-order valence-electron chi connectivity index (χ4n) is 5.03. The Hall–Kier alpha value is -3.26. The van der Waals surface area contributed by atoms with E-state index < -0.39 is 17.2 Å². The highest BCUT2D eigenvalue weighted by Gasteiger charge is 2.50. The first kappa shape index (κ1) is 19.4. The molecule has 3 aliphatic heterocycles. The van der Waals surface area contributed by atoms with Crippen LogP contribution in [0.15, 0.2) is 54.7 Å². The van der Waals surface area contributed by atoms with E-state index in [9.17, 15) is 13.2 Å². The minimum Gasteiger partial charge on any atom is -0.492 e. The number of nitrogens with zero attached hydrogens (tertiary/aromatic N) is 2. The number of halogens is 3. The molecule has 0 saturated heterocycles. The van der Waals surface area contributed by atoms with Crippen molar-refractivity contribution in [3.8, 4) is 11.5 Å². The van der Waals surface area contributed by atoms with Crippen molar-refractivity contribution in [2.45, 2.75) is 24.7 Å². The number of anilines is 1. The number of hydrogen-bond donors (Lipinski definition) is 0. The molecule has 0 fully saturated rings. The van der Waals surface area contributed by atoms with E-state index in [2.05, 4.69) is 4.98 Å². The Bertz CT molecular complexity index is 1210. The van der Waals surface area contributed by atoms with Gasteiger partial charge in [0.1, 0.15) is 18.1 Å². The molecule has 0 amide bonds. The molecule has 0 N–H and O–H groups in total. The van der Waals surface area contributed by atoms with Crippen LogP contribution in [0, 0.1) is 0 Å². The van der Waals surface area contributed by atoms with Crippen molar-refractivity contribution in [1.82, 2.24) is 4.98 Å². The SMILES string of the molecule is FC(F)(F)c1cccnc1CN1C[C@@]2(COc3cc4c(cc32)OCOC4)c2ccccc21. The van der Waals surface area contributed by atoms with E-state index in [0.717, 1.165) is 39.9 Å². The predicted molar refractivity (Wildman–Crippen MR) is 110 cm³/mol. The van der Waals surface area contributed by atoms with Crippen molar-refractivity contribution in [3.05, 3.63) is 82.7 Å². The monoisotopic (exact) mass is 440 g/mol. The van der Waals surface area contributed by atoms with Crippen LogP contribution in [-0.4, -0.2) is 24.9 Å². The topological polar surface area (TPSA) is 43.8 Å². The van der Waals surface area contributed by atoms with Crippen molar-refractivity contribution < 1.29 is 27.4 Å². The van der Waals surface area contributed by atoms with Gasteiger partial charge in [-0.2, -0.15) is 13.2 Å². The molecule has 1 spiro atoms. The van der Waals surface area contributed by atoms with E-state index >= 15 is 0 Å². The summed E-state index contributed by atoms with van der Waals surface area (Å²) >= 11 is 0. The van der Waals surface area contributed by atoms with Crippen LogP contribution in [0.4, 0.5) is 18.9 Å². The Labute approximate surface area is 182 Å². The summed E-state index contributed by atoms with van der Waals surface area (Å²) in [5.41, 5.74) is 2.67. The molecule has 8 heteroatoms. The highest BCUT2D eigenvalue weighted by atomic mass is 19.4. The van der Waals surface area contributed by atoms with Crippen LogP contribution in [0.2, 0.25) is 0 Å². The molecule has 1 atom stereocenters. The molecule has 32 heavy (non-hydrogen) atoms. The zero-order chi connectivity index (χ0) is 21.9. The van der Waals surface area contributed by atoms with Gasteiger partial charge in [-0.25, -0.2) is 0 Å². The Kier molecular flexibility index (Phi) is 4.17. The van der Waals surface area contributed by atoms with E-state index in [1.807, 2.05) is 41.3 Å². The summed E-state index contributed by atoms with van der Waals surface area (Å²) in [6.07, 6.45) is -3.05. The molecule has 1 aromatic heterocycles. The quantitative estimate of drug-likeness (QED) is 0.580. The highest BCUT2D eigenvalue weighted by Crippen LogP contribution is 2.53. The van der Waals surface area contributed by atoms with Gasteiger partial charge in [-0.3, -0.25) is 4.98 Å². The zero-order valence-corrected chi connectivity index (χ0v) is 17.0. The fraction of sp³-hybridized carbons (Fsp3) is 0.292. The molecule has 2 aromatic carbocycles. The van der Waals surface area contributed by atoms with E-state index in [1.54, 1.807) is 0 Å². The first-order chi connectivity index (χ1) is 15.5. The Balaban J connectivity index is 1.43. The fourth-order valence-corrected chi connectivity index (χ4v) is 5.03. The van der Waals surface area contributed by atoms with Gasteiger partial charge in [0.15, 0.2) is 6.79 Å². The van der Waals surface area contributed by atoms with Crippen molar-refractivity contribution in [2.75, 3.05) is 24.8 Å². The van der Waals surface area contributed by atoms with Gasteiger partial charge in [0.2, 0.25) is 0 Å². The van der Waals surface area contributed by atoms with Gasteiger partial charge in [-0.15, -0.1) is 0 Å². The van der Waals surface area contributed by atoms with Gasteiger partial charge >= 0.3 is 6.18 Å². The lowest BCUT2D eigenvalue weighted by molar-refractivity contribution is -0.138. The van der Waals surface area contributed by atoms with E-state index in [1.165, 1.54) is 12.3 Å². The number of fused-ring (bicyclic) bond motifs is 5. The van der Waals surface area contributed by atoms with E-state index in [-0.39, 0.29) is 19.0 Å². The van der Waals surface area contributed by atoms with Gasteiger partial charge < -0.3 is 19.1 Å². The summed E-state index contributed by atoms with van der Waals surface area (Å²) in [5, 5.41) is 0. The van der Waals surface area contributed by atoms with Gasteiger partial charge in [0, 0.05) is 29.6 Å². The third-order valence-electron chi connectivity index (χ3n) is 6.47. The standard InChI is InChI=1S/C24H19F3N2O3/c25-24(26,27)16-5-3-7-28-19(16)10-29-12-23(17-4-1-2-6-20(17)29)13-31-22-8-15-11-30-14-32-21(15)9-18(22)23/h1-9H,10-14H2/t23-/m1/s1. The lowest BCUT2D eigenvalue weighted by atomic mass is 9.77. The third kappa shape index (κ3) is 2.86. The smallest absolute Gasteiger partial charge is 0.418 e. The minimum atomic E-state index is -4.46. The van der Waals surface area contributed by atoms with Gasteiger partial charge in [-0.05, 0) is 35.9 Å². The zero-order valence-electron chi connectivity index (χ0n) is 17.0. The molecule has 0 aliphatic carbocycles. The van der Waals surface area contributed by atoms with Crippen molar-refractivity contribution >= 4 is 5.69 Å². The summed E-state index contributed by atoms with van der Waals surface area (Å²) in [7, 11) is 0. The second-order valence-electron chi connectivity index (χ2n) is 8.31. The van der Waals surface area contributed by atoms with Gasteiger partial charge in [0.05, 0.1) is 29.8 Å². The third-order valence-corrected chi connectivity index (χ3v) is 6.47. The summed E-state index contributed by atoms with van der Waals surface area (Å²) < 4.78 is 57.9. The average Bonchev–Trinajstić information content (AvgIpc) is 3.30. The summed E-state index contributed by atoms with van der Waals surface area (Å²) in [4.78, 5) is 6.04. The maximum absolute atomic E-state index is 13.6. The predicted octanol–water partition coefficient (Wildman–Crippen LogP) is 4.67.